The quantitative estimate of drug-likeness (QED) is 0.925. The van der Waals surface area contributed by atoms with E-state index in [1.165, 1.54) is 0 Å². The molecule has 0 fully saturated rings. The zero-order chi connectivity index (χ0) is 13.7. The van der Waals surface area contributed by atoms with Gasteiger partial charge in [0.15, 0.2) is 0 Å². The van der Waals surface area contributed by atoms with Crippen LogP contribution in [-0.4, -0.2) is 10.9 Å². The van der Waals surface area contributed by atoms with E-state index < -0.39 is 0 Å². The van der Waals surface area contributed by atoms with Crippen molar-refractivity contribution in [2.75, 3.05) is 0 Å². The van der Waals surface area contributed by atoms with E-state index in [0.29, 0.717) is 10.7 Å². The van der Waals surface area contributed by atoms with Crippen LogP contribution in [0.25, 0.3) is 0 Å². The van der Waals surface area contributed by atoms with Crippen molar-refractivity contribution >= 4 is 17.5 Å². The Balaban J connectivity index is 2.11. The summed E-state index contributed by atoms with van der Waals surface area (Å²) in [6.45, 7) is 2.03. The number of nitrogens with zero attached hydrogens (tertiary/aromatic N) is 1. The van der Waals surface area contributed by atoms with Crippen LogP contribution in [0.15, 0.2) is 48.7 Å². The number of pyridine rings is 1. The van der Waals surface area contributed by atoms with Gasteiger partial charge in [0, 0.05) is 11.2 Å². The lowest BCUT2D eigenvalue weighted by Crippen LogP contribution is -2.28. The first-order valence-electron chi connectivity index (χ1n) is 6.18. The molecular weight excluding hydrogens is 260 g/mol. The molecule has 1 heterocycles. The van der Waals surface area contributed by atoms with Crippen molar-refractivity contribution in [3.05, 3.63) is 64.9 Å². The van der Waals surface area contributed by atoms with Gasteiger partial charge in [-0.05, 0) is 36.2 Å². The summed E-state index contributed by atoms with van der Waals surface area (Å²) in [7, 11) is 0. The summed E-state index contributed by atoms with van der Waals surface area (Å²) in [5, 5.41) is 3.66. The van der Waals surface area contributed by atoms with Gasteiger partial charge in [0.2, 0.25) is 0 Å². The average Bonchev–Trinajstić information content (AvgIpc) is 2.46. The highest BCUT2D eigenvalue weighted by Crippen LogP contribution is 2.19. The van der Waals surface area contributed by atoms with Crippen LogP contribution in [0.2, 0.25) is 5.02 Å². The van der Waals surface area contributed by atoms with Crippen LogP contribution >= 0.6 is 11.6 Å². The zero-order valence-corrected chi connectivity index (χ0v) is 11.4. The highest BCUT2D eigenvalue weighted by Gasteiger charge is 2.14. The summed E-state index contributed by atoms with van der Waals surface area (Å²) >= 11 is 5.86. The highest BCUT2D eigenvalue weighted by atomic mass is 35.5. The third-order valence-corrected chi connectivity index (χ3v) is 3.14. The van der Waals surface area contributed by atoms with E-state index in [2.05, 4.69) is 10.3 Å². The summed E-state index contributed by atoms with van der Waals surface area (Å²) in [5.41, 5.74) is 1.46. The normalized spacial score (nSPS) is 11.9. The molecule has 1 atom stereocenters. The van der Waals surface area contributed by atoms with Gasteiger partial charge in [-0.1, -0.05) is 36.7 Å². The Morgan fingerprint density at radius 2 is 2.00 bits per heavy atom. The molecule has 0 aliphatic heterocycles. The second-order valence-electron chi connectivity index (χ2n) is 4.20. The lowest BCUT2D eigenvalue weighted by molar-refractivity contribution is 0.0930. The van der Waals surface area contributed by atoms with Gasteiger partial charge < -0.3 is 5.32 Å². The summed E-state index contributed by atoms with van der Waals surface area (Å²) in [5.74, 6) is -0.164. The third-order valence-electron chi connectivity index (χ3n) is 2.88. The smallest absolute Gasteiger partial charge is 0.270 e. The molecular formula is C15H15ClN2O. The number of aromatic nitrogens is 1. The zero-order valence-electron chi connectivity index (χ0n) is 10.6. The number of hydrogen-bond donors (Lipinski definition) is 1. The van der Waals surface area contributed by atoms with Gasteiger partial charge in [0.25, 0.3) is 5.91 Å². The number of amides is 1. The van der Waals surface area contributed by atoms with E-state index >= 15 is 0 Å². The van der Waals surface area contributed by atoms with Crippen LogP contribution in [-0.2, 0) is 0 Å². The molecule has 1 amide bonds. The molecule has 0 spiro atoms. The van der Waals surface area contributed by atoms with Crippen LogP contribution in [0, 0.1) is 0 Å². The van der Waals surface area contributed by atoms with E-state index in [9.17, 15) is 4.79 Å². The SMILES string of the molecule is CCC(NC(=O)c1ccccn1)c1ccc(Cl)cc1. The van der Waals surface area contributed by atoms with E-state index in [0.717, 1.165) is 12.0 Å². The number of benzene rings is 1. The summed E-state index contributed by atoms with van der Waals surface area (Å²) in [6, 6.07) is 12.7. The van der Waals surface area contributed by atoms with Gasteiger partial charge in [-0.15, -0.1) is 0 Å². The Hall–Kier alpha value is -1.87. The molecule has 1 unspecified atom stereocenters. The molecule has 0 aliphatic rings. The summed E-state index contributed by atoms with van der Waals surface area (Å²) < 4.78 is 0. The van der Waals surface area contributed by atoms with E-state index in [1.807, 2.05) is 31.2 Å². The lowest BCUT2D eigenvalue weighted by atomic mass is 10.0. The second kappa shape index (κ2) is 6.34. The molecule has 0 radical (unpaired) electrons. The average molecular weight is 275 g/mol. The second-order valence-corrected chi connectivity index (χ2v) is 4.64. The van der Waals surface area contributed by atoms with Crippen LogP contribution in [0.4, 0.5) is 0 Å². The number of rotatable bonds is 4. The molecule has 4 heteroatoms. The molecule has 1 N–H and O–H groups in total. The van der Waals surface area contributed by atoms with Crippen molar-refractivity contribution in [1.29, 1.82) is 0 Å². The molecule has 98 valence electrons. The first-order chi connectivity index (χ1) is 9.20. The Kier molecular flexibility index (Phi) is 4.53. The molecule has 0 bridgehead atoms. The summed E-state index contributed by atoms with van der Waals surface area (Å²) in [4.78, 5) is 16.1. The first-order valence-corrected chi connectivity index (χ1v) is 6.56. The van der Waals surface area contributed by atoms with E-state index in [4.69, 9.17) is 11.6 Å². The Morgan fingerprint density at radius 1 is 1.26 bits per heavy atom. The van der Waals surface area contributed by atoms with Crippen molar-refractivity contribution < 1.29 is 4.79 Å². The number of nitrogens with one attached hydrogen (secondary N) is 1. The maximum atomic E-state index is 12.1. The largest absolute Gasteiger partial charge is 0.344 e. The van der Waals surface area contributed by atoms with Crippen molar-refractivity contribution in [2.45, 2.75) is 19.4 Å². The molecule has 3 nitrogen and oxygen atoms in total. The minimum atomic E-state index is -0.164. The maximum absolute atomic E-state index is 12.1. The minimum Gasteiger partial charge on any atom is -0.344 e. The summed E-state index contributed by atoms with van der Waals surface area (Å²) in [6.07, 6.45) is 2.42. The predicted molar refractivity (Wildman–Crippen MR) is 76.2 cm³/mol. The van der Waals surface area contributed by atoms with Crippen molar-refractivity contribution in [3.63, 3.8) is 0 Å². The Bertz CT molecular complexity index is 540. The van der Waals surface area contributed by atoms with Crippen LogP contribution in [0.3, 0.4) is 0 Å². The monoisotopic (exact) mass is 274 g/mol. The number of halogens is 1. The molecule has 2 aromatic rings. The van der Waals surface area contributed by atoms with Gasteiger partial charge in [0.1, 0.15) is 5.69 Å². The molecule has 0 aliphatic carbocycles. The standard InChI is InChI=1S/C15H15ClN2O/c1-2-13(11-6-8-12(16)9-7-11)18-15(19)14-5-3-4-10-17-14/h3-10,13H,2H2,1H3,(H,18,19). The van der Waals surface area contributed by atoms with Crippen LogP contribution in [0.5, 0.6) is 0 Å². The van der Waals surface area contributed by atoms with Gasteiger partial charge in [-0.3, -0.25) is 9.78 Å². The maximum Gasteiger partial charge on any atom is 0.270 e. The van der Waals surface area contributed by atoms with Gasteiger partial charge >= 0.3 is 0 Å². The minimum absolute atomic E-state index is 0.0354. The van der Waals surface area contributed by atoms with E-state index in [1.54, 1.807) is 24.4 Å². The molecule has 0 saturated heterocycles. The number of carbonyl (C=O) groups is 1. The van der Waals surface area contributed by atoms with Gasteiger partial charge in [0.05, 0.1) is 6.04 Å². The molecule has 2 rings (SSSR count). The van der Waals surface area contributed by atoms with Gasteiger partial charge in [-0.2, -0.15) is 0 Å². The Morgan fingerprint density at radius 3 is 2.58 bits per heavy atom. The fraction of sp³-hybridized carbons (Fsp3) is 0.200. The van der Waals surface area contributed by atoms with Crippen molar-refractivity contribution in [1.82, 2.24) is 10.3 Å². The molecule has 0 saturated carbocycles. The predicted octanol–water partition coefficient (Wildman–Crippen LogP) is 3.62. The molecule has 1 aromatic carbocycles. The third kappa shape index (κ3) is 3.55. The fourth-order valence-electron chi connectivity index (χ4n) is 1.85. The first kappa shape index (κ1) is 13.6. The van der Waals surface area contributed by atoms with Gasteiger partial charge in [-0.25, -0.2) is 0 Å². The highest BCUT2D eigenvalue weighted by molar-refractivity contribution is 6.30. The molecule has 1 aromatic heterocycles. The Labute approximate surface area is 117 Å². The van der Waals surface area contributed by atoms with E-state index in [-0.39, 0.29) is 11.9 Å². The fourth-order valence-corrected chi connectivity index (χ4v) is 1.97. The number of hydrogen-bond acceptors (Lipinski definition) is 2. The van der Waals surface area contributed by atoms with Crippen molar-refractivity contribution in [3.8, 4) is 0 Å². The van der Waals surface area contributed by atoms with Crippen molar-refractivity contribution in [2.24, 2.45) is 0 Å². The van der Waals surface area contributed by atoms with Crippen LogP contribution in [0.1, 0.15) is 35.4 Å². The number of carbonyl (C=O) groups excluding carboxylic acids is 1. The molecule has 19 heavy (non-hydrogen) atoms. The van der Waals surface area contributed by atoms with Crippen LogP contribution < -0.4 is 5.32 Å². The topological polar surface area (TPSA) is 42.0 Å². The lowest BCUT2D eigenvalue weighted by Gasteiger charge is -2.17.